The van der Waals surface area contributed by atoms with Crippen molar-refractivity contribution in [3.63, 3.8) is 0 Å². The molecule has 0 fully saturated rings. The van der Waals surface area contributed by atoms with Gasteiger partial charge in [-0.05, 0) is 19.4 Å². The molecule has 18 heavy (non-hydrogen) atoms. The van der Waals surface area contributed by atoms with E-state index in [0.29, 0.717) is 22.7 Å². The molecule has 0 saturated carbocycles. The van der Waals surface area contributed by atoms with Gasteiger partial charge in [-0.1, -0.05) is 11.8 Å². The Morgan fingerprint density at radius 3 is 3.11 bits per heavy atom. The maximum Gasteiger partial charge on any atom is 0.303 e. The summed E-state index contributed by atoms with van der Waals surface area (Å²) in [4.78, 5) is 31.0. The quantitative estimate of drug-likeness (QED) is 0.500. The molecule has 0 atom stereocenters. The van der Waals surface area contributed by atoms with Gasteiger partial charge in [0, 0.05) is 17.1 Å². The Balaban J connectivity index is 2.09. The molecule has 0 aliphatic rings. The van der Waals surface area contributed by atoms with Gasteiger partial charge in [-0.3, -0.25) is 9.59 Å². The lowest BCUT2D eigenvalue weighted by Gasteiger charge is -1.99. The second kappa shape index (κ2) is 5.53. The molecule has 0 radical (unpaired) electrons. The fourth-order valence-corrected chi connectivity index (χ4v) is 3.23. The number of carbonyl (C=O) groups is 1. The Morgan fingerprint density at radius 1 is 1.61 bits per heavy atom. The SMILES string of the molecule is Cc1cc2c(=O)[nH]c(SCCCC(=O)O)nc2s1. The van der Waals surface area contributed by atoms with Crippen LogP contribution in [0, 0.1) is 6.92 Å². The van der Waals surface area contributed by atoms with E-state index in [1.807, 2.05) is 13.0 Å². The highest BCUT2D eigenvalue weighted by Gasteiger charge is 2.07. The number of fused-ring (bicyclic) bond motifs is 1. The monoisotopic (exact) mass is 284 g/mol. The average Bonchev–Trinajstić information content (AvgIpc) is 2.65. The number of thiophene rings is 1. The van der Waals surface area contributed by atoms with Crippen LogP contribution in [0.2, 0.25) is 0 Å². The van der Waals surface area contributed by atoms with Gasteiger partial charge in [-0.25, -0.2) is 4.98 Å². The molecule has 2 heterocycles. The lowest BCUT2D eigenvalue weighted by molar-refractivity contribution is -0.137. The molecule has 0 saturated heterocycles. The van der Waals surface area contributed by atoms with Crippen molar-refractivity contribution in [2.24, 2.45) is 0 Å². The van der Waals surface area contributed by atoms with E-state index in [1.54, 1.807) is 0 Å². The predicted octanol–water partition coefficient (Wildman–Crippen LogP) is 2.25. The van der Waals surface area contributed by atoms with Gasteiger partial charge in [0.15, 0.2) is 5.16 Å². The first kappa shape index (κ1) is 13.1. The van der Waals surface area contributed by atoms with E-state index in [2.05, 4.69) is 9.97 Å². The number of nitrogens with one attached hydrogen (secondary N) is 1. The lowest BCUT2D eigenvalue weighted by Crippen LogP contribution is -2.07. The van der Waals surface area contributed by atoms with Crippen LogP contribution in [0.15, 0.2) is 16.0 Å². The Morgan fingerprint density at radius 2 is 2.39 bits per heavy atom. The van der Waals surface area contributed by atoms with Crippen molar-refractivity contribution < 1.29 is 9.90 Å². The predicted molar refractivity (Wildman–Crippen MR) is 72.6 cm³/mol. The normalized spacial score (nSPS) is 10.9. The number of H-pyrrole nitrogens is 1. The van der Waals surface area contributed by atoms with E-state index >= 15 is 0 Å². The molecule has 0 aliphatic carbocycles. The van der Waals surface area contributed by atoms with Crippen LogP contribution in [0.5, 0.6) is 0 Å². The highest BCUT2D eigenvalue weighted by Crippen LogP contribution is 2.22. The highest BCUT2D eigenvalue weighted by molar-refractivity contribution is 7.99. The molecule has 96 valence electrons. The summed E-state index contributed by atoms with van der Waals surface area (Å²) in [5.41, 5.74) is -0.134. The molecule has 0 aromatic carbocycles. The maximum atomic E-state index is 11.8. The van der Waals surface area contributed by atoms with E-state index in [-0.39, 0.29) is 12.0 Å². The Labute approximate surface area is 111 Å². The topological polar surface area (TPSA) is 83.0 Å². The summed E-state index contributed by atoms with van der Waals surface area (Å²) in [5.74, 6) is -0.174. The number of hydrogen-bond donors (Lipinski definition) is 2. The third-order valence-electron chi connectivity index (χ3n) is 2.28. The number of hydrogen-bond acceptors (Lipinski definition) is 5. The number of nitrogens with zero attached hydrogens (tertiary/aromatic N) is 1. The van der Waals surface area contributed by atoms with Crippen molar-refractivity contribution in [1.29, 1.82) is 0 Å². The van der Waals surface area contributed by atoms with E-state index < -0.39 is 5.97 Å². The number of aromatic amines is 1. The largest absolute Gasteiger partial charge is 0.481 e. The van der Waals surface area contributed by atoms with Crippen molar-refractivity contribution in [3.8, 4) is 0 Å². The second-order valence-electron chi connectivity index (χ2n) is 3.79. The number of carboxylic acid groups (broad SMARTS) is 1. The van der Waals surface area contributed by atoms with Gasteiger partial charge in [-0.2, -0.15) is 0 Å². The van der Waals surface area contributed by atoms with Gasteiger partial charge in [0.1, 0.15) is 4.83 Å². The van der Waals surface area contributed by atoms with Gasteiger partial charge in [0.05, 0.1) is 5.39 Å². The first-order valence-electron chi connectivity index (χ1n) is 5.41. The zero-order valence-corrected chi connectivity index (χ0v) is 11.4. The van der Waals surface area contributed by atoms with Gasteiger partial charge in [0.2, 0.25) is 0 Å². The van der Waals surface area contributed by atoms with Crippen molar-refractivity contribution in [3.05, 3.63) is 21.3 Å². The number of thioether (sulfide) groups is 1. The van der Waals surface area contributed by atoms with Crippen LogP contribution >= 0.6 is 23.1 Å². The minimum atomic E-state index is -0.804. The molecule has 0 bridgehead atoms. The van der Waals surface area contributed by atoms with E-state index in [9.17, 15) is 9.59 Å². The zero-order chi connectivity index (χ0) is 13.1. The van der Waals surface area contributed by atoms with Crippen molar-refractivity contribution in [1.82, 2.24) is 9.97 Å². The van der Waals surface area contributed by atoms with Crippen LogP contribution in [-0.4, -0.2) is 26.8 Å². The molecule has 2 aromatic rings. The van der Waals surface area contributed by atoms with E-state index in [4.69, 9.17) is 5.11 Å². The fraction of sp³-hybridized carbons (Fsp3) is 0.364. The third kappa shape index (κ3) is 3.11. The van der Waals surface area contributed by atoms with Crippen LogP contribution in [0.25, 0.3) is 10.2 Å². The molecule has 5 nitrogen and oxygen atoms in total. The maximum absolute atomic E-state index is 11.8. The molecular formula is C11H12N2O3S2. The Bertz CT molecular complexity index is 633. The van der Waals surface area contributed by atoms with Gasteiger partial charge in [0.25, 0.3) is 5.56 Å². The van der Waals surface area contributed by atoms with Gasteiger partial charge < -0.3 is 10.1 Å². The molecule has 2 aromatic heterocycles. The summed E-state index contributed by atoms with van der Waals surface area (Å²) in [6.07, 6.45) is 0.697. The number of aliphatic carboxylic acids is 1. The standard InChI is InChI=1S/C11H12N2O3S2/c1-6-5-7-9(16)12-11(13-10(7)18-6)17-4-2-3-8(14)15/h5H,2-4H2,1H3,(H,14,15)(H,12,13,16). The lowest BCUT2D eigenvalue weighted by atomic mass is 10.3. The summed E-state index contributed by atoms with van der Waals surface area (Å²) in [7, 11) is 0. The summed E-state index contributed by atoms with van der Waals surface area (Å²) >= 11 is 2.86. The van der Waals surface area contributed by atoms with Crippen LogP contribution in [0.4, 0.5) is 0 Å². The highest BCUT2D eigenvalue weighted by atomic mass is 32.2. The van der Waals surface area contributed by atoms with Gasteiger partial charge >= 0.3 is 5.97 Å². The summed E-state index contributed by atoms with van der Waals surface area (Å²) in [6, 6.07) is 1.82. The fourth-order valence-electron chi connectivity index (χ4n) is 1.49. The molecular weight excluding hydrogens is 272 g/mol. The first-order valence-corrected chi connectivity index (χ1v) is 7.21. The summed E-state index contributed by atoms with van der Waals surface area (Å²) in [5, 5.41) is 9.69. The minimum absolute atomic E-state index is 0.134. The molecule has 2 rings (SSSR count). The molecule has 0 spiro atoms. The molecule has 7 heteroatoms. The van der Waals surface area contributed by atoms with Crippen molar-refractivity contribution in [2.75, 3.05) is 5.75 Å². The van der Waals surface area contributed by atoms with Crippen LogP contribution in [0.3, 0.4) is 0 Å². The number of aryl methyl sites for hydroxylation is 1. The molecule has 0 amide bonds. The number of aromatic nitrogens is 2. The van der Waals surface area contributed by atoms with Crippen LogP contribution in [0.1, 0.15) is 17.7 Å². The molecule has 0 aliphatic heterocycles. The third-order valence-corrected chi connectivity index (χ3v) is 4.18. The second-order valence-corrected chi connectivity index (χ2v) is 6.11. The summed E-state index contributed by atoms with van der Waals surface area (Å²) < 4.78 is 0. The number of rotatable bonds is 5. The van der Waals surface area contributed by atoms with E-state index in [0.717, 1.165) is 9.71 Å². The van der Waals surface area contributed by atoms with Crippen molar-refractivity contribution >= 4 is 39.3 Å². The van der Waals surface area contributed by atoms with Crippen LogP contribution < -0.4 is 5.56 Å². The first-order chi connectivity index (χ1) is 8.56. The zero-order valence-electron chi connectivity index (χ0n) is 9.73. The van der Waals surface area contributed by atoms with E-state index in [1.165, 1.54) is 23.1 Å². The average molecular weight is 284 g/mol. The number of carboxylic acids is 1. The Hall–Kier alpha value is -1.34. The smallest absolute Gasteiger partial charge is 0.303 e. The molecule has 0 unspecified atom stereocenters. The van der Waals surface area contributed by atoms with Crippen molar-refractivity contribution in [2.45, 2.75) is 24.9 Å². The minimum Gasteiger partial charge on any atom is -0.481 e. The summed E-state index contributed by atoms with van der Waals surface area (Å²) in [6.45, 7) is 1.94. The van der Waals surface area contributed by atoms with Gasteiger partial charge in [-0.15, -0.1) is 11.3 Å². The van der Waals surface area contributed by atoms with Crippen LogP contribution in [-0.2, 0) is 4.79 Å². The Kier molecular flexibility index (Phi) is 4.03. The molecule has 2 N–H and O–H groups in total.